The smallest absolute Gasteiger partial charge is 0.222 e. The van der Waals surface area contributed by atoms with E-state index in [0.717, 1.165) is 32.4 Å². The average Bonchev–Trinajstić information content (AvgIpc) is 2.35. The minimum Gasteiger partial charge on any atom is -0.343 e. The first-order valence-corrected chi connectivity index (χ1v) is 6.72. The Labute approximate surface area is 105 Å². The lowest BCUT2D eigenvalue weighted by Gasteiger charge is -2.35. The Bertz CT molecular complexity index is 233. The molecule has 17 heavy (non-hydrogen) atoms. The second-order valence-electron chi connectivity index (χ2n) is 5.25. The van der Waals surface area contributed by atoms with Gasteiger partial charge in [-0.05, 0) is 45.4 Å². The van der Waals surface area contributed by atoms with Gasteiger partial charge in [0.05, 0.1) is 0 Å². The molecule has 1 rings (SSSR count). The van der Waals surface area contributed by atoms with Crippen molar-refractivity contribution in [2.75, 3.05) is 33.7 Å². The van der Waals surface area contributed by atoms with Crippen molar-refractivity contribution >= 4 is 5.91 Å². The summed E-state index contributed by atoms with van der Waals surface area (Å²) < 4.78 is 0. The Kier molecular flexibility index (Phi) is 5.92. The van der Waals surface area contributed by atoms with E-state index in [1.807, 2.05) is 11.9 Å². The van der Waals surface area contributed by atoms with Gasteiger partial charge >= 0.3 is 0 Å². The van der Waals surface area contributed by atoms with Gasteiger partial charge in [-0.3, -0.25) is 4.79 Å². The molecule has 4 nitrogen and oxygen atoms in total. The van der Waals surface area contributed by atoms with Gasteiger partial charge in [0.2, 0.25) is 5.91 Å². The number of piperidine rings is 1. The van der Waals surface area contributed by atoms with Crippen molar-refractivity contribution in [3.8, 4) is 0 Å². The Hall–Kier alpha value is -0.610. The lowest BCUT2D eigenvalue weighted by molar-refractivity contribution is -0.133. The molecule has 0 bridgehead atoms. The van der Waals surface area contributed by atoms with Crippen LogP contribution in [0, 0.1) is 5.92 Å². The standard InChI is InChI=1S/C13H27N3O/c1-4-11(10-14)9-13(17)16(3)12-5-7-15(2)8-6-12/h11-12H,4-10,14H2,1-3H3. The van der Waals surface area contributed by atoms with Crippen LogP contribution in [0.1, 0.15) is 32.6 Å². The molecule has 1 aliphatic rings. The molecule has 2 N–H and O–H groups in total. The SMILES string of the molecule is CCC(CN)CC(=O)N(C)C1CCN(C)CC1. The molecule has 0 saturated carbocycles. The molecule has 1 heterocycles. The van der Waals surface area contributed by atoms with Crippen molar-refractivity contribution < 1.29 is 4.79 Å². The Morgan fingerprint density at radius 1 is 1.47 bits per heavy atom. The van der Waals surface area contributed by atoms with Crippen molar-refractivity contribution in [1.82, 2.24) is 9.80 Å². The first kappa shape index (κ1) is 14.5. The van der Waals surface area contributed by atoms with E-state index in [0.29, 0.717) is 24.9 Å². The third kappa shape index (κ3) is 4.28. The summed E-state index contributed by atoms with van der Waals surface area (Å²) in [7, 11) is 4.08. The summed E-state index contributed by atoms with van der Waals surface area (Å²) in [6, 6.07) is 0.425. The molecule has 0 aliphatic carbocycles. The number of rotatable bonds is 5. The van der Waals surface area contributed by atoms with E-state index in [1.54, 1.807) is 0 Å². The molecule has 0 spiro atoms. The predicted octanol–water partition coefficient (Wildman–Crippen LogP) is 0.914. The molecule has 1 saturated heterocycles. The lowest BCUT2D eigenvalue weighted by atomic mass is 9.99. The summed E-state index contributed by atoms with van der Waals surface area (Å²) in [5, 5.41) is 0. The minimum absolute atomic E-state index is 0.261. The number of carbonyl (C=O) groups is 1. The van der Waals surface area contributed by atoms with Gasteiger partial charge in [-0.1, -0.05) is 13.3 Å². The van der Waals surface area contributed by atoms with Gasteiger partial charge in [0.1, 0.15) is 0 Å². The molecular weight excluding hydrogens is 214 g/mol. The molecule has 0 aromatic carbocycles. The monoisotopic (exact) mass is 241 g/mol. The van der Waals surface area contributed by atoms with E-state index >= 15 is 0 Å². The second kappa shape index (κ2) is 6.97. The highest BCUT2D eigenvalue weighted by molar-refractivity contribution is 5.76. The quantitative estimate of drug-likeness (QED) is 0.778. The Morgan fingerprint density at radius 2 is 2.06 bits per heavy atom. The van der Waals surface area contributed by atoms with Crippen molar-refractivity contribution in [3.05, 3.63) is 0 Å². The molecule has 100 valence electrons. The van der Waals surface area contributed by atoms with Crippen molar-refractivity contribution in [1.29, 1.82) is 0 Å². The van der Waals surface area contributed by atoms with Crippen LogP contribution in [0.3, 0.4) is 0 Å². The summed E-state index contributed by atoms with van der Waals surface area (Å²) >= 11 is 0. The number of likely N-dealkylation sites (tertiary alicyclic amines) is 1. The molecule has 0 aromatic heterocycles. The van der Waals surface area contributed by atoms with Gasteiger partial charge in [0.25, 0.3) is 0 Å². The summed E-state index contributed by atoms with van der Waals surface area (Å²) in [5.41, 5.74) is 5.65. The molecule has 4 heteroatoms. The first-order valence-electron chi connectivity index (χ1n) is 6.72. The summed E-state index contributed by atoms with van der Waals surface area (Å²) in [6.45, 7) is 4.90. The Balaban J connectivity index is 2.40. The second-order valence-corrected chi connectivity index (χ2v) is 5.25. The van der Waals surface area contributed by atoms with Crippen LogP contribution in [0.5, 0.6) is 0 Å². The molecule has 0 radical (unpaired) electrons. The third-order valence-corrected chi connectivity index (χ3v) is 4.00. The molecule has 1 aliphatic heterocycles. The number of carbonyl (C=O) groups excluding carboxylic acids is 1. The third-order valence-electron chi connectivity index (χ3n) is 4.00. The number of hydrogen-bond donors (Lipinski definition) is 1. The summed E-state index contributed by atoms with van der Waals surface area (Å²) in [4.78, 5) is 16.4. The Morgan fingerprint density at radius 3 is 2.53 bits per heavy atom. The highest BCUT2D eigenvalue weighted by atomic mass is 16.2. The zero-order chi connectivity index (χ0) is 12.8. The molecule has 0 aromatic rings. The van der Waals surface area contributed by atoms with E-state index in [9.17, 15) is 4.79 Å². The predicted molar refractivity (Wildman–Crippen MR) is 70.7 cm³/mol. The molecule has 1 unspecified atom stereocenters. The highest BCUT2D eigenvalue weighted by Crippen LogP contribution is 2.17. The van der Waals surface area contributed by atoms with Crippen LogP contribution in [0.4, 0.5) is 0 Å². The first-order chi connectivity index (χ1) is 8.08. The van der Waals surface area contributed by atoms with E-state index < -0.39 is 0 Å². The van der Waals surface area contributed by atoms with E-state index in [-0.39, 0.29) is 5.91 Å². The topological polar surface area (TPSA) is 49.6 Å². The largest absolute Gasteiger partial charge is 0.343 e. The van der Waals surface area contributed by atoms with E-state index in [2.05, 4.69) is 18.9 Å². The van der Waals surface area contributed by atoms with Crippen molar-refractivity contribution in [2.45, 2.75) is 38.6 Å². The highest BCUT2D eigenvalue weighted by Gasteiger charge is 2.24. The number of amides is 1. The fraction of sp³-hybridized carbons (Fsp3) is 0.923. The van der Waals surface area contributed by atoms with Gasteiger partial charge in [0, 0.05) is 19.5 Å². The number of hydrogen-bond acceptors (Lipinski definition) is 3. The fourth-order valence-electron chi connectivity index (χ4n) is 2.37. The van der Waals surface area contributed by atoms with E-state index in [4.69, 9.17) is 5.73 Å². The molecular formula is C13H27N3O. The number of nitrogens with two attached hydrogens (primary N) is 1. The summed E-state index contributed by atoms with van der Waals surface area (Å²) in [5.74, 6) is 0.605. The molecule has 1 amide bonds. The van der Waals surface area contributed by atoms with Crippen LogP contribution in [0.15, 0.2) is 0 Å². The maximum Gasteiger partial charge on any atom is 0.222 e. The van der Waals surface area contributed by atoms with Crippen LogP contribution in [-0.4, -0.2) is 55.5 Å². The number of nitrogens with zero attached hydrogens (tertiary/aromatic N) is 2. The van der Waals surface area contributed by atoms with Crippen LogP contribution >= 0.6 is 0 Å². The van der Waals surface area contributed by atoms with Crippen molar-refractivity contribution in [2.24, 2.45) is 11.7 Å². The maximum absolute atomic E-state index is 12.1. The van der Waals surface area contributed by atoms with Gasteiger partial charge < -0.3 is 15.5 Å². The van der Waals surface area contributed by atoms with Crippen LogP contribution < -0.4 is 5.73 Å². The zero-order valence-electron chi connectivity index (χ0n) is 11.5. The lowest BCUT2D eigenvalue weighted by Crippen LogP contribution is -2.45. The average molecular weight is 241 g/mol. The van der Waals surface area contributed by atoms with Crippen molar-refractivity contribution in [3.63, 3.8) is 0 Å². The normalized spacial score (nSPS) is 20.2. The minimum atomic E-state index is 0.261. The zero-order valence-corrected chi connectivity index (χ0v) is 11.5. The molecule has 1 atom stereocenters. The molecule has 1 fully saturated rings. The van der Waals surface area contributed by atoms with Gasteiger partial charge in [0.15, 0.2) is 0 Å². The fourth-order valence-corrected chi connectivity index (χ4v) is 2.37. The van der Waals surface area contributed by atoms with Crippen LogP contribution in [0.2, 0.25) is 0 Å². The van der Waals surface area contributed by atoms with Crippen LogP contribution in [-0.2, 0) is 4.79 Å². The van der Waals surface area contributed by atoms with Gasteiger partial charge in [-0.2, -0.15) is 0 Å². The maximum atomic E-state index is 12.1. The summed E-state index contributed by atoms with van der Waals surface area (Å²) in [6.07, 6.45) is 3.79. The van der Waals surface area contributed by atoms with Crippen LogP contribution in [0.25, 0.3) is 0 Å². The van der Waals surface area contributed by atoms with Gasteiger partial charge in [-0.15, -0.1) is 0 Å². The van der Waals surface area contributed by atoms with Gasteiger partial charge in [-0.25, -0.2) is 0 Å². The van der Waals surface area contributed by atoms with E-state index in [1.165, 1.54) is 0 Å².